The number of Topliss-reactive ketones (excluding diaryl/α,β-unsaturated/α-hetero) is 1. The summed E-state index contributed by atoms with van der Waals surface area (Å²) < 4.78 is 90.9. The number of unbranched alkanes of at least 4 members (excludes halogenated alkanes) is 5. The maximum absolute atomic E-state index is 13.3. The fourth-order valence-corrected chi connectivity index (χ4v) is 5.75. The summed E-state index contributed by atoms with van der Waals surface area (Å²) in [6.07, 6.45) is -0.387. The standard InChI is InChI=1S/C25H26F6N2O3.C10H20O/c26-24(27,28)19-6-1-4-17(14-19)21(18-5-2-7-20(15-18)25(29,30)31)35-13-3-10-33-11-8-23(9-12-33)16-32-22(34)36-23;1-3-4-5-6-7-8-9-10(2)11/h1-2,4-7,14-15,21H,3,8-13,16H2,(H,32,34);3-9H2,1-2H3. The molecule has 2 fully saturated rings. The summed E-state index contributed by atoms with van der Waals surface area (Å²) in [5, 5.41) is 2.68. The Morgan fingerprint density at radius 1 is 0.894 bits per heavy atom. The van der Waals surface area contributed by atoms with Crippen LogP contribution in [0, 0.1) is 0 Å². The molecule has 2 aromatic carbocycles. The topological polar surface area (TPSA) is 67.9 Å². The number of rotatable bonds is 14. The Kier molecular flexibility index (Phi) is 14.6. The number of hydrogen-bond donors (Lipinski definition) is 1. The Hall–Kier alpha value is -3.12. The number of carbonyl (C=O) groups is 2. The van der Waals surface area contributed by atoms with Gasteiger partial charge in [0.1, 0.15) is 17.5 Å². The van der Waals surface area contributed by atoms with Gasteiger partial charge in [-0.05, 0) is 55.2 Å². The maximum atomic E-state index is 13.3. The van der Waals surface area contributed by atoms with E-state index in [0.29, 0.717) is 51.2 Å². The first kappa shape index (κ1) is 38.3. The molecular weight excluding hydrogens is 626 g/mol. The highest BCUT2D eigenvalue weighted by atomic mass is 19.4. The Morgan fingerprint density at radius 2 is 1.45 bits per heavy atom. The minimum absolute atomic E-state index is 0.125. The third-order valence-corrected chi connectivity index (χ3v) is 8.45. The predicted octanol–water partition coefficient (Wildman–Crippen LogP) is 9.12. The first-order valence-electron chi connectivity index (χ1n) is 16.4. The van der Waals surface area contributed by atoms with Crippen LogP contribution in [0.25, 0.3) is 0 Å². The molecule has 47 heavy (non-hydrogen) atoms. The number of amides is 1. The maximum Gasteiger partial charge on any atom is 0.416 e. The van der Waals surface area contributed by atoms with Gasteiger partial charge in [-0.15, -0.1) is 0 Å². The molecule has 262 valence electrons. The molecular formula is C35H46F6N2O4. The van der Waals surface area contributed by atoms with Crippen LogP contribution >= 0.6 is 0 Å². The number of hydrogen-bond acceptors (Lipinski definition) is 5. The fourth-order valence-electron chi connectivity index (χ4n) is 5.75. The van der Waals surface area contributed by atoms with Crippen molar-refractivity contribution in [2.75, 3.05) is 32.8 Å². The van der Waals surface area contributed by atoms with E-state index in [1.807, 2.05) is 0 Å². The fraction of sp³-hybridized carbons (Fsp3) is 0.600. The number of piperidine rings is 1. The third-order valence-electron chi connectivity index (χ3n) is 8.45. The molecule has 0 atom stereocenters. The molecule has 2 saturated heterocycles. The quantitative estimate of drug-likeness (QED) is 0.160. The van der Waals surface area contributed by atoms with Crippen LogP contribution in [0.3, 0.4) is 0 Å². The highest BCUT2D eigenvalue weighted by molar-refractivity contribution is 5.75. The smallest absolute Gasteiger partial charge is 0.416 e. The molecule has 2 aromatic rings. The third kappa shape index (κ3) is 12.8. The van der Waals surface area contributed by atoms with Crippen molar-refractivity contribution in [1.82, 2.24) is 10.2 Å². The lowest BCUT2D eigenvalue weighted by Gasteiger charge is -2.37. The minimum Gasteiger partial charge on any atom is -0.441 e. The van der Waals surface area contributed by atoms with Crippen LogP contribution in [0.2, 0.25) is 0 Å². The van der Waals surface area contributed by atoms with Gasteiger partial charge in [-0.3, -0.25) is 0 Å². The molecule has 6 nitrogen and oxygen atoms in total. The van der Waals surface area contributed by atoms with E-state index in [2.05, 4.69) is 17.1 Å². The number of nitrogens with one attached hydrogen (secondary N) is 1. The average Bonchev–Trinajstić information content (AvgIpc) is 3.38. The van der Waals surface area contributed by atoms with Crippen LogP contribution < -0.4 is 5.32 Å². The number of ether oxygens (including phenoxy) is 2. The van der Waals surface area contributed by atoms with E-state index in [1.165, 1.54) is 56.4 Å². The SMILES string of the molecule is CCCCCCCCC(C)=O.O=C1NCC2(CCN(CCCOC(c3cccc(C(F)(F)F)c3)c3cccc(C(F)(F)F)c3)CC2)O1. The predicted molar refractivity (Wildman–Crippen MR) is 167 cm³/mol. The number of likely N-dealkylation sites (tertiary alicyclic amines) is 1. The van der Waals surface area contributed by atoms with E-state index >= 15 is 0 Å². The van der Waals surface area contributed by atoms with Crippen molar-refractivity contribution in [3.05, 3.63) is 70.8 Å². The van der Waals surface area contributed by atoms with Crippen LogP contribution in [0.1, 0.15) is 106 Å². The van der Waals surface area contributed by atoms with Crippen molar-refractivity contribution in [3.8, 4) is 0 Å². The second-order valence-electron chi connectivity index (χ2n) is 12.3. The van der Waals surface area contributed by atoms with Gasteiger partial charge in [0, 0.05) is 45.5 Å². The van der Waals surface area contributed by atoms with Crippen molar-refractivity contribution in [1.29, 1.82) is 0 Å². The van der Waals surface area contributed by atoms with E-state index in [-0.39, 0.29) is 17.7 Å². The van der Waals surface area contributed by atoms with Gasteiger partial charge in [-0.1, -0.05) is 63.3 Å². The lowest BCUT2D eigenvalue weighted by Crippen LogP contribution is -2.46. The van der Waals surface area contributed by atoms with Crippen molar-refractivity contribution < 1.29 is 45.4 Å². The van der Waals surface area contributed by atoms with Crippen LogP contribution in [-0.2, 0) is 26.6 Å². The number of ketones is 1. The van der Waals surface area contributed by atoms with Crippen molar-refractivity contribution in [2.24, 2.45) is 0 Å². The molecule has 0 radical (unpaired) electrons. The summed E-state index contributed by atoms with van der Waals surface area (Å²) in [6, 6.07) is 8.91. The van der Waals surface area contributed by atoms with E-state index in [0.717, 1.165) is 37.1 Å². The van der Waals surface area contributed by atoms with Crippen LogP contribution in [0.15, 0.2) is 48.5 Å². The highest BCUT2D eigenvalue weighted by Gasteiger charge is 2.42. The van der Waals surface area contributed by atoms with Gasteiger partial charge in [0.25, 0.3) is 0 Å². The molecule has 2 aliphatic rings. The first-order valence-corrected chi connectivity index (χ1v) is 16.4. The molecule has 1 amide bonds. The zero-order chi connectivity index (χ0) is 34.5. The van der Waals surface area contributed by atoms with Gasteiger partial charge < -0.3 is 24.5 Å². The van der Waals surface area contributed by atoms with E-state index in [9.17, 15) is 35.9 Å². The number of alkyl halides is 6. The normalized spacial score (nSPS) is 16.5. The van der Waals surface area contributed by atoms with Gasteiger partial charge in [-0.25, -0.2) is 4.79 Å². The summed E-state index contributed by atoms with van der Waals surface area (Å²) in [5.41, 5.74) is -2.02. The zero-order valence-electron chi connectivity index (χ0n) is 27.2. The number of alkyl carbamates (subject to hydrolysis) is 1. The Balaban J connectivity index is 0.000000468. The molecule has 1 N–H and O–H groups in total. The number of halogens is 6. The van der Waals surface area contributed by atoms with Gasteiger partial charge in [0.2, 0.25) is 0 Å². The lowest BCUT2D eigenvalue weighted by molar-refractivity contribution is -0.138. The van der Waals surface area contributed by atoms with Crippen molar-refractivity contribution >= 4 is 11.9 Å². The molecule has 0 aromatic heterocycles. The van der Waals surface area contributed by atoms with E-state index in [4.69, 9.17) is 9.47 Å². The van der Waals surface area contributed by atoms with Crippen LogP contribution in [-0.4, -0.2) is 55.2 Å². The van der Waals surface area contributed by atoms with E-state index in [1.54, 1.807) is 6.92 Å². The second-order valence-corrected chi connectivity index (χ2v) is 12.3. The summed E-state index contributed by atoms with van der Waals surface area (Å²) in [4.78, 5) is 24.1. The summed E-state index contributed by atoms with van der Waals surface area (Å²) in [6.45, 7) is 6.56. The number of nitrogens with zero attached hydrogens (tertiary/aromatic N) is 1. The molecule has 0 unspecified atom stereocenters. The first-order chi connectivity index (χ1) is 22.2. The molecule has 0 bridgehead atoms. The summed E-state index contributed by atoms with van der Waals surface area (Å²) >= 11 is 0. The van der Waals surface area contributed by atoms with Gasteiger partial charge in [0.05, 0.1) is 17.7 Å². The Bertz CT molecular complexity index is 1220. The van der Waals surface area contributed by atoms with Crippen LogP contribution in [0.4, 0.5) is 31.1 Å². The van der Waals surface area contributed by atoms with Gasteiger partial charge >= 0.3 is 18.4 Å². The molecule has 1 spiro atoms. The molecule has 2 heterocycles. The molecule has 0 aliphatic carbocycles. The number of carbonyl (C=O) groups excluding carboxylic acids is 2. The summed E-state index contributed by atoms with van der Waals surface area (Å²) in [5.74, 6) is 0.334. The largest absolute Gasteiger partial charge is 0.441 e. The van der Waals surface area contributed by atoms with Gasteiger partial charge in [0.15, 0.2) is 0 Å². The molecule has 4 rings (SSSR count). The summed E-state index contributed by atoms with van der Waals surface area (Å²) in [7, 11) is 0. The number of benzene rings is 2. The zero-order valence-corrected chi connectivity index (χ0v) is 27.2. The average molecular weight is 673 g/mol. The van der Waals surface area contributed by atoms with Crippen molar-refractivity contribution in [2.45, 2.75) is 102 Å². The Morgan fingerprint density at radius 3 is 1.94 bits per heavy atom. The second kappa shape index (κ2) is 17.9. The molecule has 2 aliphatic heterocycles. The molecule has 0 saturated carbocycles. The monoisotopic (exact) mass is 672 g/mol. The highest BCUT2D eigenvalue weighted by Crippen LogP contribution is 2.36. The van der Waals surface area contributed by atoms with Crippen LogP contribution in [0.5, 0.6) is 0 Å². The van der Waals surface area contributed by atoms with Gasteiger partial charge in [-0.2, -0.15) is 26.3 Å². The Labute approximate surface area is 273 Å². The van der Waals surface area contributed by atoms with E-state index < -0.39 is 41.3 Å². The lowest BCUT2D eigenvalue weighted by atomic mass is 9.91. The molecule has 12 heteroatoms. The van der Waals surface area contributed by atoms with Crippen molar-refractivity contribution in [3.63, 3.8) is 0 Å². The minimum atomic E-state index is -4.59.